The van der Waals surface area contributed by atoms with Crippen LogP contribution < -0.4 is 0 Å². The summed E-state index contributed by atoms with van der Waals surface area (Å²) in [7, 11) is 5.64. The van der Waals surface area contributed by atoms with Gasteiger partial charge in [0.25, 0.3) is 12.5 Å². The standard InChI is InChI=1S/C8H5BN2O2/c9-8(13-6-11)4-2-1-3-7(8)12-5-10/h1-4,7H. The molecule has 1 aliphatic rings. The van der Waals surface area contributed by atoms with Gasteiger partial charge < -0.3 is 9.47 Å². The normalized spacial score (nSPS) is 30.2. The summed E-state index contributed by atoms with van der Waals surface area (Å²) in [5.41, 5.74) is -1.38. The van der Waals surface area contributed by atoms with Gasteiger partial charge in [0, 0.05) is 0 Å². The van der Waals surface area contributed by atoms with Crippen LogP contribution in [0.3, 0.4) is 0 Å². The highest BCUT2D eigenvalue weighted by atomic mass is 16.5. The molecule has 0 amide bonds. The quantitative estimate of drug-likeness (QED) is 0.444. The van der Waals surface area contributed by atoms with Gasteiger partial charge in [-0.1, -0.05) is 12.2 Å². The van der Waals surface area contributed by atoms with Crippen LogP contribution >= 0.6 is 0 Å². The lowest BCUT2D eigenvalue weighted by Crippen LogP contribution is -2.43. The Morgan fingerprint density at radius 3 is 2.69 bits per heavy atom. The summed E-state index contributed by atoms with van der Waals surface area (Å²) < 4.78 is 9.22. The number of hydrogen-bond acceptors (Lipinski definition) is 4. The Kier molecular flexibility index (Phi) is 2.61. The SMILES string of the molecule is [B]C1(OC#N)C=CC=CC1OC#N. The Bertz CT molecular complexity index is 326. The molecule has 0 aromatic carbocycles. The first kappa shape index (κ1) is 9.21. The van der Waals surface area contributed by atoms with Gasteiger partial charge in [-0.25, -0.2) is 0 Å². The van der Waals surface area contributed by atoms with E-state index in [-0.39, 0.29) is 0 Å². The molecule has 4 nitrogen and oxygen atoms in total. The fourth-order valence-corrected chi connectivity index (χ4v) is 0.976. The molecule has 0 heterocycles. The monoisotopic (exact) mass is 172 g/mol. The number of nitrogens with zero attached hydrogens (tertiary/aromatic N) is 2. The summed E-state index contributed by atoms with van der Waals surface area (Å²) in [6.07, 6.45) is 8.48. The van der Waals surface area contributed by atoms with E-state index >= 15 is 0 Å². The molecule has 2 radical (unpaired) electrons. The maximum absolute atomic E-state index is 8.32. The van der Waals surface area contributed by atoms with Crippen molar-refractivity contribution in [2.45, 2.75) is 11.6 Å². The van der Waals surface area contributed by atoms with Gasteiger partial charge in [-0.15, -0.1) is 0 Å². The van der Waals surface area contributed by atoms with Crippen molar-refractivity contribution in [3.8, 4) is 12.5 Å². The number of hydrogen-bond donors (Lipinski definition) is 0. The van der Waals surface area contributed by atoms with Crippen LogP contribution in [-0.4, -0.2) is 19.5 Å². The van der Waals surface area contributed by atoms with Crippen molar-refractivity contribution in [2.24, 2.45) is 0 Å². The molecular weight excluding hydrogens is 167 g/mol. The van der Waals surface area contributed by atoms with E-state index in [1.807, 2.05) is 0 Å². The molecule has 1 aliphatic carbocycles. The zero-order valence-electron chi connectivity index (χ0n) is 6.68. The second-order valence-electron chi connectivity index (χ2n) is 2.42. The molecule has 0 bridgehead atoms. The lowest BCUT2D eigenvalue weighted by atomic mass is 9.74. The van der Waals surface area contributed by atoms with Crippen molar-refractivity contribution in [2.75, 3.05) is 0 Å². The third-order valence-corrected chi connectivity index (χ3v) is 1.60. The molecule has 0 N–H and O–H groups in total. The van der Waals surface area contributed by atoms with Crippen LogP contribution in [0.2, 0.25) is 0 Å². The first-order valence-electron chi connectivity index (χ1n) is 3.49. The van der Waals surface area contributed by atoms with Crippen molar-refractivity contribution in [3.05, 3.63) is 24.3 Å². The molecule has 0 spiro atoms. The molecule has 13 heavy (non-hydrogen) atoms. The van der Waals surface area contributed by atoms with Gasteiger partial charge in [0.2, 0.25) is 0 Å². The molecule has 0 aromatic rings. The van der Waals surface area contributed by atoms with E-state index in [1.54, 1.807) is 18.2 Å². The molecular formula is C8H5BN2O2. The Morgan fingerprint density at radius 1 is 1.31 bits per heavy atom. The summed E-state index contributed by atoms with van der Waals surface area (Å²) >= 11 is 0. The number of rotatable bonds is 2. The average Bonchev–Trinajstić information content (AvgIpc) is 2.10. The maximum atomic E-state index is 8.32. The third kappa shape index (κ3) is 1.83. The molecule has 0 saturated carbocycles. The van der Waals surface area contributed by atoms with E-state index in [1.165, 1.54) is 18.6 Å². The summed E-state index contributed by atoms with van der Waals surface area (Å²) in [5.74, 6) is 0. The number of nitriles is 2. The van der Waals surface area contributed by atoms with Gasteiger partial charge in [0.1, 0.15) is 13.3 Å². The van der Waals surface area contributed by atoms with Gasteiger partial charge in [-0.05, 0) is 12.2 Å². The Morgan fingerprint density at radius 2 is 2.08 bits per heavy atom. The van der Waals surface area contributed by atoms with Crippen LogP contribution in [0.1, 0.15) is 0 Å². The molecule has 62 valence electrons. The van der Waals surface area contributed by atoms with Crippen LogP contribution in [0.25, 0.3) is 0 Å². The van der Waals surface area contributed by atoms with Crippen LogP contribution in [0.15, 0.2) is 24.3 Å². The van der Waals surface area contributed by atoms with Crippen molar-refractivity contribution in [1.82, 2.24) is 0 Å². The van der Waals surface area contributed by atoms with E-state index in [2.05, 4.69) is 9.47 Å². The molecule has 5 heteroatoms. The molecule has 0 aromatic heterocycles. The largest absolute Gasteiger partial charge is 0.423 e. The minimum atomic E-state index is -1.38. The van der Waals surface area contributed by atoms with Crippen LogP contribution in [0.4, 0.5) is 0 Å². The van der Waals surface area contributed by atoms with Gasteiger partial charge in [0.15, 0.2) is 6.10 Å². The van der Waals surface area contributed by atoms with Crippen LogP contribution in [-0.2, 0) is 9.47 Å². The van der Waals surface area contributed by atoms with Gasteiger partial charge in [-0.3, -0.25) is 0 Å². The number of allylic oxidation sites excluding steroid dienone is 2. The zero-order chi connectivity index (χ0) is 9.73. The molecule has 2 atom stereocenters. The fraction of sp³-hybridized carbons (Fsp3) is 0.250. The lowest BCUT2D eigenvalue weighted by molar-refractivity contribution is 0.0398. The smallest absolute Gasteiger partial charge is 0.287 e. The van der Waals surface area contributed by atoms with Gasteiger partial charge in [0.05, 0.1) is 0 Å². The highest BCUT2D eigenvalue weighted by Crippen LogP contribution is 2.21. The van der Waals surface area contributed by atoms with E-state index in [9.17, 15) is 0 Å². The molecule has 0 aliphatic heterocycles. The predicted octanol–water partition coefficient (Wildman–Crippen LogP) is 0.341. The average molecular weight is 172 g/mol. The van der Waals surface area contributed by atoms with Gasteiger partial charge in [-0.2, -0.15) is 10.5 Å². The Labute approximate surface area is 77.1 Å². The third-order valence-electron chi connectivity index (χ3n) is 1.60. The summed E-state index contributed by atoms with van der Waals surface area (Å²) in [6, 6.07) is 0. The van der Waals surface area contributed by atoms with Crippen LogP contribution in [0.5, 0.6) is 0 Å². The molecule has 0 saturated heterocycles. The molecule has 0 fully saturated rings. The predicted molar refractivity (Wildman–Crippen MR) is 43.9 cm³/mol. The van der Waals surface area contributed by atoms with Gasteiger partial charge >= 0.3 is 0 Å². The van der Waals surface area contributed by atoms with E-state index in [0.717, 1.165) is 0 Å². The van der Waals surface area contributed by atoms with E-state index in [4.69, 9.17) is 18.4 Å². The first-order chi connectivity index (χ1) is 6.23. The minimum absolute atomic E-state index is 0.762. The van der Waals surface area contributed by atoms with E-state index in [0.29, 0.717) is 0 Å². The molecule has 2 unspecified atom stereocenters. The number of ether oxygens (including phenoxy) is 2. The second-order valence-corrected chi connectivity index (χ2v) is 2.42. The highest BCUT2D eigenvalue weighted by Gasteiger charge is 2.35. The maximum Gasteiger partial charge on any atom is 0.287 e. The highest BCUT2D eigenvalue weighted by molar-refractivity contribution is 6.17. The van der Waals surface area contributed by atoms with Crippen LogP contribution in [0, 0.1) is 23.0 Å². The Balaban J connectivity index is 2.82. The second kappa shape index (κ2) is 3.69. The van der Waals surface area contributed by atoms with Crippen molar-refractivity contribution < 1.29 is 9.47 Å². The molecule has 1 rings (SSSR count). The summed E-state index contributed by atoms with van der Waals surface area (Å²) in [4.78, 5) is 0. The van der Waals surface area contributed by atoms with Crippen molar-refractivity contribution in [3.63, 3.8) is 0 Å². The summed E-state index contributed by atoms with van der Waals surface area (Å²) in [6.45, 7) is 0. The van der Waals surface area contributed by atoms with Crippen molar-refractivity contribution in [1.29, 1.82) is 10.5 Å². The van der Waals surface area contributed by atoms with Crippen molar-refractivity contribution >= 4 is 7.85 Å². The summed E-state index contributed by atoms with van der Waals surface area (Å²) in [5, 5.41) is 16.6. The zero-order valence-corrected chi connectivity index (χ0v) is 6.68. The Hall–Kier alpha value is -1.88. The van der Waals surface area contributed by atoms with E-state index < -0.39 is 11.6 Å². The first-order valence-corrected chi connectivity index (χ1v) is 3.49. The minimum Gasteiger partial charge on any atom is -0.423 e. The lowest BCUT2D eigenvalue weighted by Gasteiger charge is -2.30. The fourth-order valence-electron chi connectivity index (χ4n) is 0.976. The topological polar surface area (TPSA) is 66.0 Å².